The normalized spacial score (nSPS) is 9.83. The van der Waals surface area contributed by atoms with Gasteiger partial charge in [-0.1, -0.05) is 6.07 Å². The molecule has 0 fully saturated rings. The van der Waals surface area contributed by atoms with Gasteiger partial charge in [0.1, 0.15) is 11.5 Å². The molecule has 0 atom stereocenters. The molecule has 0 radical (unpaired) electrons. The topological polar surface area (TPSA) is 33.0 Å². The monoisotopic (exact) mass is 257 g/mol. The summed E-state index contributed by atoms with van der Waals surface area (Å²) in [5, 5.41) is 8.71. The highest BCUT2D eigenvalue weighted by molar-refractivity contribution is 6.17. The summed E-state index contributed by atoms with van der Waals surface area (Å²) in [4.78, 5) is 0. The molecule has 18 heavy (non-hydrogen) atoms. The molecule has 2 nitrogen and oxygen atoms in total. The number of alkyl halides is 1. The standard InChI is InChI=1S/C15H12ClNO/c1-11-8-15(7-4-13(11)9-16)18-14-5-2-12(10-17)3-6-14/h2-8H,9H2,1H3. The molecule has 0 N–H and O–H groups in total. The fraction of sp³-hybridized carbons (Fsp3) is 0.133. The van der Waals surface area contributed by atoms with Crippen LogP contribution in [0.3, 0.4) is 0 Å². The van der Waals surface area contributed by atoms with E-state index in [2.05, 4.69) is 6.07 Å². The number of ether oxygens (including phenoxy) is 1. The Morgan fingerprint density at radius 1 is 1.11 bits per heavy atom. The summed E-state index contributed by atoms with van der Waals surface area (Å²) in [5.74, 6) is 1.99. The Balaban J connectivity index is 2.18. The average Bonchev–Trinajstić information content (AvgIpc) is 2.40. The third kappa shape index (κ3) is 2.82. The molecule has 0 unspecified atom stereocenters. The molecule has 2 aromatic carbocycles. The van der Waals surface area contributed by atoms with Crippen LogP contribution in [0.15, 0.2) is 42.5 Å². The number of rotatable bonds is 3. The Morgan fingerprint density at radius 2 is 1.78 bits per heavy atom. The minimum absolute atomic E-state index is 0.503. The summed E-state index contributed by atoms with van der Waals surface area (Å²) in [6.07, 6.45) is 0. The van der Waals surface area contributed by atoms with Crippen molar-refractivity contribution >= 4 is 11.6 Å². The third-order valence-electron chi connectivity index (χ3n) is 2.68. The van der Waals surface area contributed by atoms with Gasteiger partial charge in [-0.15, -0.1) is 11.6 Å². The number of hydrogen-bond donors (Lipinski definition) is 0. The van der Waals surface area contributed by atoms with Crippen LogP contribution >= 0.6 is 11.6 Å². The van der Waals surface area contributed by atoms with Gasteiger partial charge in [0.2, 0.25) is 0 Å². The van der Waals surface area contributed by atoms with Crippen LogP contribution in [-0.4, -0.2) is 0 Å². The first-order valence-corrected chi connectivity index (χ1v) is 6.10. The summed E-state index contributed by atoms with van der Waals surface area (Å²) in [6.45, 7) is 2.00. The van der Waals surface area contributed by atoms with E-state index >= 15 is 0 Å². The Labute approximate surface area is 111 Å². The van der Waals surface area contributed by atoms with Crippen molar-refractivity contribution < 1.29 is 4.74 Å². The lowest BCUT2D eigenvalue weighted by Crippen LogP contribution is -1.88. The average molecular weight is 258 g/mol. The smallest absolute Gasteiger partial charge is 0.127 e. The highest BCUT2D eigenvalue weighted by Gasteiger charge is 2.01. The van der Waals surface area contributed by atoms with E-state index in [0.717, 1.165) is 16.9 Å². The van der Waals surface area contributed by atoms with Crippen molar-refractivity contribution in [1.29, 1.82) is 5.26 Å². The van der Waals surface area contributed by atoms with Crippen LogP contribution in [0.4, 0.5) is 0 Å². The fourth-order valence-electron chi connectivity index (χ4n) is 1.62. The summed E-state index contributed by atoms with van der Waals surface area (Å²) in [5.41, 5.74) is 2.83. The summed E-state index contributed by atoms with van der Waals surface area (Å²) < 4.78 is 5.71. The van der Waals surface area contributed by atoms with Crippen LogP contribution in [0.2, 0.25) is 0 Å². The predicted octanol–water partition coefficient (Wildman–Crippen LogP) is 4.40. The van der Waals surface area contributed by atoms with E-state index in [0.29, 0.717) is 17.2 Å². The van der Waals surface area contributed by atoms with Gasteiger partial charge in [-0.25, -0.2) is 0 Å². The van der Waals surface area contributed by atoms with Gasteiger partial charge in [-0.2, -0.15) is 5.26 Å². The Hall–Kier alpha value is -1.98. The first-order chi connectivity index (χ1) is 8.72. The lowest BCUT2D eigenvalue weighted by atomic mass is 10.1. The molecule has 0 bridgehead atoms. The van der Waals surface area contributed by atoms with Gasteiger partial charge in [-0.3, -0.25) is 0 Å². The molecule has 0 aliphatic carbocycles. The lowest BCUT2D eigenvalue weighted by molar-refractivity contribution is 0.482. The first kappa shape index (κ1) is 12.5. The van der Waals surface area contributed by atoms with Crippen molar-refractivity contribution in [2.24, 2.45) is 0 Å². The Bertz CT molecular complexity index is 584. The van der Waals surface area contributed by atoms with Gasteiger partial charge in [0.25, 0.3) is 0 Å². The van der Waals surface area contributed by atoms with Gasteiger partial charge >= 0.3 is 0 Å². The van der Waals surface area contributed by atoms with Crippen molar-refractivity contribution in [3.8, 4) is 17.6 Å². The highest BCUT2D eigenvalue weighted by atomic mass is 35.5. The minimum atomic E-state index is 0.503. The maximum absolute atomic E-state index is 8.71. The van der Waals surface area contributed by atoms with E-state index in [-0.39, 0.29) is 0 Å². The SMILES string of the molecule is Cc1cc(Oc2ccc(C#N)cc2)ccc1CCl. The molecule has 3 heteroatoms. The predicted molar refractivity (Wildman–Crippen MR) is 72.0 cm³/mol. The summed E-state index contributed by atoms with van der Waals surface area (Å²) in [7, 11) is 0. The number of aryl methyl sites for hydroxylation is 1. The molecular formula is C15H12ClNO. The Kier molecular flexibility index (Phi) is 3.86. The molecule has 0 amide bonds. The van der Waals surface area contributed by atoms with Gasteiger partial charge in [0, 0.05) is 5.88 Å². The van der Waals surface area contributed by atoms with Crippen molar-refractivity contribution in [2.45, 2.75) is 12.8 Å². The van der Waals surface area contributed by atoms with E-state index in [9.17, 15) is 0 Å². The van der Waals surface area contributed by atoms with Crippen LogP contribution in [0.5, 0.6) is 11.5 Å². The van der Waals surface area contributed by atoms with Crippen LogP contribution in [0.25, 0.3) is 0 Å². The number of benzene rings is 2. The zero-order valence-electron chi connectivity index (χ0n) is 9.98. The second kappa shape index (κ2) is 5.57. The molecule has 0 aromatic heterocycles. The van der Waals surface area contributed by atoms with Crippen LogP contribution in [0.1, 0.15) is 16.7 Å². The van der Waals surface area contributed by atoms with E-state index in [1.165, 1.54) is 0 Å². The summed E-state index contributed by atoms with van der Waals surface area (Å²) >= 11 is 5.81. The second-order valence-electron chi connectivity index (χ2n) is 3.96. The molecule has 2 aromatic rings. The number of hydrogen-bond acceptors (Lipinski definition) is 2. The molecule has 0 heterocycles. The van der Waals surface area contributed by atoms with E-state index in [1.807, 2.05) is 25.1 Å². The molecular weight excluding hydrogens is 246 g/mol. The largest absolute Gasteiger partial charge is 0.457 e. The highest BCUT2D eigenvalue weighted by Crippen LogP contribution is 2.24. The van der Waals surface area contributed by atoms with Crippen molar-refractivity contribution in [2.75, 3.05) is 0 Å². The number of nitriles is 1. The van der Waals surface area contributed by atoms with Crippen molar-refractivity contribution in [3.63, 3.8) is 0 Å². The van der Waals surface area contributed by atoms with Crippen LogP contribution in [-0.2, 0) is 5.88 Å². The molecule has 0 saturated carbocycles. The van der Waals surface area contributed by atoms with E-state index in [1.54, 1.807) is 24.3 Å². The molecule has 2 rings (SSSR count). The third-order valence-corrected chi connectivity index (χ3v) is 2.97. The molecule has 0 aliphatic heterocycles. The minimum Gasteiger partial charge on any atom is -0.457 e. The molecule has 0 spiro atoms. The van der Waals surface area contributed by atoms with Gasteiger partial charge < -0.3 is 4.74 Å². The van der Waals surface area contributed by atoms with Gasteiger partial charge in [0.15, 0.2) is 0 Å². The van der Waals surface area contributed by atoms with Crippen molar-refractivity contribution in [1.82, 2.24) is 0 Å². The first-order valence-electron chi connectivity index (χ1n) is 5.56. The lowest BCUT2D eigenvalue weighted by Gasteiger charge is -2.08. The maximum Gasteiger partial charge on any atom is 0.127 e. The van der Waals surface area contributed by atoms with E-state index in [4.69, 9.17) is 21.6 Å². The quantitative estimate of drug-likeness (QED) is 0.764. The van der Waals surface area contributed by atoms with Crippen molar-refractivity contribution in [3.05, 3.63) is 59.2 Å². The van der Waals surface area contributed by atoms with Crippen LogP contribution < -0.4 is 4.74 Å². The van der Waals surface area contributed by atoms with Gasteiger partial charge in [0.05, 0.1) is 11.6 Å². The zero-order valence-corrected chi connectivity index (χ0v) is 10.7. The zero-order chi connectivity index (χ0) is 13.0. The number of nitrogens with zero attached hydrogens (tertiary/aromatic N) is 1. The maximum atomic E-state index is 8.71. The van der Waals surface area contributed by atoms with Crippen LogP contribution in [0, 0.1) is 18.3 Å². The molecule has 90 valence electrons. The van der Waals surface area contributed by atoms with E-state index < -0.39 is 0 Å². The number of halogens is 1. The Morgan fingerprint density at radius 3 is 2.33 bits per heavy atom. The van der Waals surface area contributed by atoms with Gasteiger partial charge in [-0.05, 0) is 54.4 Å². The fourth-order valence-corrected chi connectivity index (χ4v) is 1.92. The summed E-state index contributed by atoms with van der Waals surface area (Å²) in [6, 6.07) is 14.9. The molecule has 0 saturated heterocycles. The molecule has 0 aliphatic rings. The second-order valence-corrected chi connectivity index (χ2v) is 4.23.